The van der Waals surface area contributed by atoms with E-state index in [0.29, 0.717) is 12.2 Å². The van der Waals surface area contributed by atoms with Gasteiger partial charge in [0, 0.05) is 30.9 Å². The number of nitrogens with one attached hydrogen (secondary N) is 1. The van der Waals surface area contributed by atoms with Crippen molar-refractivity contribution in [2.45, 2.75) is 52.1 Å². The van der Waals surface area contributed by atoms with Crippen molar-refractivity contribution >= 4 is 23.1 Å². The standard InChI is InChI=1S/C24H30N2O3/c1-18(27)6-7-20-8-14-23(15-9-20)29-19(2)24(28)25-21-10-12-22(13-11-21)26-16-4-3-5-17-26/h8-15,19H,3-7,16-17H2,1-2H3,(H,25,28). The Morgan fingerprint density at radius 3 is 2.28 bits per heavy atom. The lowest BCUT2D eigenvalue weighted by atomic mass is 10.1. The number of hydrogen-bond donors (Lipinski definition) is 1. The molecule has 0 bridgehead atoms. The fourth-order valence-corrected chi connectivity index (χ4v) is 3.46. The van der Waals surface area contributed by atoms with Crippen molar-refractivity contribution in [2.75, 3.05) is 23.3 Å². The van der Waals surface area contributed by atoms with Crippen LogP contribution in [0.5, 0.6) is 5.75 Å². The lowest BCUT2D eigenvalue weighted by Gasteiger charge is -2.28. The van der Waals surface area contributed by atoms with Gasteiger partial charge < -0.3 is 19.7 Å². The minimum atomic E-state index is -0.611. The molecule has 0 radical (unpaired) electrons. The molecule has 5 heteroatoms. The van der Waals surface area contributed by atoms with Gasteiger partial charge in [0.05, 0.1) is 0 Å². The van der Waals surface area contributed by atoms with Crippen molar-refractivity contribution in [3.05, 3.63) is 54.1 Å². The second-order valence-corrected chi connectivity index (χ2v) is 7.69. The molecule has 1 fully saturated rings. The van der Waals surface area contributed by atoms with E-state index in [0.717, 1.165) is 30.8 Å². The molecular formula is C24H30N2O3. The second kappa shape index (κ2) is 10.1. The number of rotatable bonds is 8. The molecule has 1 aliphatic heterocycles. The third-order valence-electron chi connectivity index (χ3n) is 5.23. The third kappa shape index (κ3) is 6.34. The van der Waals surface area contributed by atoms with E-state index >= 15 is 0 Å². The summed E-state index contributed by atoms with van der Waals surface area (Å²) in [6, 6.07) is 15.6. The van der Waals surface area contributed by atoms with Crippen molar-refractivity contribution in [2.24, 2.45) is 0 Å². The highest BCUT2D eigenvalue weighted by atomic mass is 16.5. The van der Waals surface area contributed by atoms with Crippen molar-refractivity contribution in [3.63, 3.8) is 0 Å². The zero-order valence-corrected chi connectivity index (χ0v) is 17.3. The quantitative estimate of drug-likeness (QED) is 0.711. The fourth-order valence-electron chi connectivity index (χ4n) is 3.46. The Kier molecular flexibility index (Phi) is 7.28. The van der Waals surface area contributed by atoms with E-state index in [1.54, 1.807) is 13.8 Å². The van der Waals surface area contributed by atoms with Gasteiger partial charge in [-0.05, 0) is 81.5 Å². The number of carbonyl (C=O) groups excluding carboxylic acids is 2. The van der Waals surface area contributed by atoms with Crippen LogP contribution in [0.4, 0.5) is 11.4 Å². The van der Waals surface area contributed by atoms with Gasteiger partial charge in [0.2, 0.25) is 0 Å². The highest BCUT2D eigenvalue weighted by Crippen LogP contribution is 2.22. The first-order valence-electron chi connectivity index (χ1n) is 10.4. The van der Waals surface area contributed by atoms with Crippen LogP contribution in [-0.4, -0.2) is 30.9 Å². The van der Waals surface area contributed by atoms with Gasteiger partial charge in [-0.25, -0.2) is 0 Å². The lowest BCUT2D eigenvalue weighted by Crippen LogP contribution is -2.30. The largest absolute Gasteiger partial charge is 0.481 e. The minimum Gasteiger partial charge on any atom is -0.481 e. The number of hydrogen-bond acceptors (Lipinski definition) is 4. The van der Waals surface area contributed by atoms with Gasteiger partial charge in [-0.15, -0.1) is 0 Å². The molecule has 5 nitrogen and oxygen atoms in total. The van der Waals surface area contributed by atoms with Gasteiger partial charge in [-0.1, -0.05) is 12.1 Å². The average molecular weight is 395 g/mol. The minimum absolute atomic E-state index is 0.180. The molecule has 0 spiro atoms. The maximum absolute atomic E-state index is 12.5. The molecule has 1 unspecified atom stereocenters. The summed E-state index contributed by atoms with van der Waals surface area (Å²) in [7, 11) is 0. The topological polar surface area (TPSA) is 58.6 Å². The van der Waals surface area contributed by atoms with Gasteiger partial charge in [0.25, 0.3) is 5.91 Å². The SMILES string of the molecule is CC(=O)CCc1ccc(OC(C)C(=O)Nc2ccc(N3CCCCC3)cc2)cc1. The summed E-state index contributed by atoms with van der Waals surface area (Å²) in [6.07, 6.45) is 4.44. The summed E-state index contributed by atoms with van der Waals surface area (Å²) < 4.78 is 5.76. The molecule has 1 heterocycles. The number of benzene rings is 2. The third-order valence-corrected chi connectivity index (χ3v) is 5.23. The van der Waals surface area contributed by atoms with Crippen LogP contribution in [0, 0.1) is 0 Å². The molecule has 0 aliphatic carbocycles. The lowest BCUT2D eigenvalue weighted by molar-refractivity contribution is -0.122. The maximum Gasteiger partial charge on any atom is 0.265 e. The first-order chi connectivity index (χ1) is 14.0. The predicted octanol–water partition coefficient (Wildman–Crippen LogP) is 4.60. The highest BCUT2D eigenvalue weighted by molar-refractivity contribution is 5.94. The number of anilines is 2. The Hall–Kier alpha value is -2.82. The maximum atomic E-state index is 12.5. The Bertz CT molecular complexity index is 809. The number of amides is 1. The summed E-state index contributed by atoms with van der Waals surface area (Å²) in [5.41, 5.74) is 3.06. The number of Topliss-reactive ketones (excluding diaryl/α,β-unsaturated/α-hetero) is 1. The van der Waals surface area contributed by atoms with Crippen LogP contribution < -0.4 is 15.0 Å². The van der Waals surface area contributed by atoms with Gasteiger partial charge in [0.1, 0.15) is 11.5 Å². The van der Waals surface area contributed by atoms with E-state index in [1.165, 1.54) is 24.9 Å². The first-order valence-corrected chi connectivity index (χ1v) is 10.4. The number of carbonyl (C=O) groups is 2. The van der Waals surface area contributed by atoms with Crippen molar-refractivity contribution in [3.8, 4) is 5.75 Å². The smallest absolute Gasteiger partial charge is 0.265 e. The molecule has 154 valence electrons. The van der Waals surface area contributed by atoms with Gasteiger partial charge >= 0.3 is 0 Å². The molecule has 3 rings (SSSR count). The first kappa shape index (κ1) is 20.9. The summed E-state index contributed by atoms with van der Waals surface area (Å²) in [4.78, 5) is 25.9. The molecule has 1 N–H and O–H groups in total. The number of nitrogens with zero attached hydrogens (tertiary/aromatic N) is 1. The average Bonchev–Trinajstić information content (AvgIpc) is 2.74. The number of aryl methyl sites for hydroxylation is 1. The van der Waals surface area contributed by atoms with Gasteiger partial charge in [0.15, 0.2) is 6.10 Å². The van der Waals surface area contributed by atoms with Gasteiger partial charge in [-0.2, -0.15) is 0 Å². The van der Waals surface area contributed by atoms with E-state index < -0.39 is 6.10 Å². The molecule has 1 aliphatic rings. The van der Waals surface area contributed by atoms with Gasteiger partial charge in [-0.3, -0.25) is 4.79 Å². The van der Waals surface area contributed by atoms with Crippen molar-refractivity contribution in [1.29, 1.82) is 0 Å². The van der Waals surface area contributed by atoms with Crippen LogP contribution in [0.3, 0.4) is 0 Å². The number of ketones is 1. The molecule has 1 amide bonds. The van der Waals surface area contributed by atoms with Crippen molar-refractivity contribution < 1.29 is 14.3 Å². The van der Waals surface area contributed by atoms with E-state index in [2.05, 4.69) is 22.3 Å². The second-order valence-electron chi connectivity index (χ2n) is 7.69. The summed E-state index contributed by atoms with van der Waals surface area (Å²) in [5, 5.41) is 2.92. The summed E-state index contributed by atoms with van der Waals surface area (Å²) in [5.74, 6) is 0.635. The van der Waals surface area contributed by atoms with Crippen LogP contribution in [0.25, 0.3) is 0 Å². The van der Waals surface area contributed by atoms with Crippen LogP contribution in [-0.2, 0) is 16.0 Å². The number of piperidine rings is 1. The van der Waals surface area contributed by atoms with E-state index in [4.69, 9.17) is 4.74 Å². The van der Waals surface area contributed by atoms with Crippen LogP contribution in [0.1, 0.15) is 45.1 Å². The zero-order chi connectivity index (χ0) is 20.6. The summed E-state index contributed by atoms with van der Waals surface area (Å²) >= 11 is 0. The Morgan fingerprint density at radius 2 is 1.66 bits per heavy atom. The van der Waals surface area contributed by atoms with Crippen LogP contribution >= 0.6 is 0 Å². The molecule has 0 aromatic heterocycles. The Balaban J connectivity index is 1.50. The molecule has 2 aromatic carbocycles. The molecule has 0 saturated carbocycles. The Labute approximate surface area is 173 Å². The normalized spacial score (nSPS) is 14.9. The number of ether oxygens (including phenoxy) is 1. The molecule has 2 aromatic rings. The van der Waals surface area contributed by atoms with E-state index in [1.807, 2.05) is 36.4 Å². The monoisotopic (exact) mass is 394 g/mol. The Morgan fingerprint density at radius 1 is 1.00 bits per heavy atom. The van der Waals surface area contributed by atoms with Crippen LogP contribution in [0.15, 0.2) is 48.5 Å². The van der Waals surface area contributed by atoms with Crippen molar-refractivity contribution in [1.82, 2.24) is 0 Å². The molecule has 1 atom stereocenters. The summed E-state index contributed by atoms with van der Waals surface area (Å²) in [6.45, 7) is 5.54. The fraction of sp³-hybridized carbons (Fsp3) is 0.417. The van der Waals surface area contributed by atoms with E-state index in [9.17, 15) is 9.59 Å². The highest BCUT2D eigenvalue weighted by Gasteiger charge is 2.16. The molecule has 29 heavy (non-hydrogen) atoms. The van der Waals surface area contributed by atoms with Crippen LogP contribution in [0.2, 0.25) is 0 Å². The predicted molar refractivity (Wildman–Crippen MR) is 117 cm³/mol. The van der Waals surface area contributed by atoms with E-state index in [-0.39, 0.29) is 11.7 Å². The molecule has 1 saturated heterocycles. The molecular weight excluding hydrogens is 364 g/mol. The zero-order valence-electron chi connectivity index (χ0n) is 17.3.